The number of carboxylic acid groups (broad SMARTS) is 1. The molecule has 0 radical (unpaired) electrons. The number of hydrogen-bond donors (Lipinski definition) is 1. The van der Waals surface area contributed by atoms with Gasteiger partial charge in [-0.2, -0.15) is 4.68 Å². The first-order chi connectivity index (χ1) is 10.2. The van der Waals surface area contributed by atoms with E-state index in [2.05, 4.69) is 15.5 Å². The Balaban J connectivity index is 2.09. The van der Waals surface area contributed by atoms with E-state index in [9.17, 15) is 9.18 Å². The maximum Gasteiger partial charge on any atom is 0.338 e. The van der Waals surface area contributed by atoms with Gasteiger partial charge >= 0.3 is 5.97 Å². The SMILES string of the molecule is O=C(O)c1ccc(-n2nnnc2-c2ccccc2)cc1F. The van der Waals surface area contributed by atoms with Gasteiger partial charge < -0.3 is 5.11 Å². The Kier molecular flexibility index (Phi) is 3.15. The Morgan fingerprint density at radius 3 is 2.57 bits per heavy atom. The summed E-state index contributed by atoms with van der Waals surface area (Å²) in [6.07, 6.45) is 0. The Labute approximate surface area is 118 Å². The summed E-state index contributed by atoms with van der Waals surface area (Å²) in [5.41, 5.74) is 0.722. The summed E-state index contributed by atoms with van der Waals surface area (Å²) in [7, 11) is 0. The predicted octanol–water partition coefficient (Wildman–Crippen LogP) is 2.17. The van der Waals surface area contributed by atoms with Crippen LogP contribution in [0.1, 0.15) is 10.4 Å². The number of rotatable bonds is 3. The highest BCUT2D eigenvalue weighted by molar-refractivity contribution is 5.88. The minimum absolute atomic E-state index is 0.348. The van der Waals surface area contributed by atoms with Gasteiger partial charge in [-0.3, -0.25) is 0 Å². The molecule has 1 heterocycles. The van der Waals surface area contributed by atoms with Crippen molar-refractivity contribution in [3.8, 4) is 17.1 Å². The third-order valence-corrected chi connectivity index (χ3v) is 2.93. The van der Waals surface area contributed by atoms with E-state index in [-0.39, 0.29) is 0 Å². The molecule has 0 fully saturated rings. The third kappa shape index (κ3) is 2.36. The first-order valence-electron chi connectivity index (χ1n) is 6.04. The second kappa shape index (κ2) is 5.12. The van der Waals surface area contributed by atoms with Crippen LogP contribution in [0.3, 0.4) is 0 Å². The second-order valence-corrected chi connectivity index (χ2v) is 4.25. The number of carbonyl (C=O) groups is 1. The molecule has 104 valence electrons. The van der Waals surface area contributed by atoms with Gasteiger partial charge in [-0.25, -0.2) is 9.18 Å². The maximum atomic E-state index is 13.8. The van der Waals surface area contributed by atoms with E-state index in [0.717, 1.165) is 11.6 Å². The molecule has 0 unspecified atom stereocenters. The number of carboxylic acids is 1. The summed E-state index contributed by atoms with van der Waals surface area (Å²) in [6, 6.07) is 12.9. The van der Waals surface area contributed by atoms with Crippen LogP contribution >= 0.6 is 0 Å². The van der Waals surface area contributed by atoms with Crippen LogP contribution in [0.15, 0.2) is 48.5 Å². The molecule has 0 aliphatic heterocycles. The summed E-state index contributed by atoms with van der Waals surface area (Å²) in [5, 5.41) is 20.2. The molecule has 2 aromatic carbocycles. The Hall–Kier alpha value is -3.09. The molecule has 0 aliphatic rings. The molecule has 21 heavy (non-hydrogen) atoms. The standard InChI is InChI=1S/C14H9FN4O2/c15-12-8-10(6-7-11(12)14(20)21)19-13(16-17-18-19)9-4-2-1-3-5-9/h1-8H,(H,20,21). The molecule has 7 heteroatoms. The Bertz CT molecular complexity index is 802. The fourth-order valence-corrected chi connectivity index (χ4v) is 1.94. The van der Waals surface area contributed by atoms with Crippen LogP contribution in [0.5, 0.6) is 0 Å². The Morgan fingerprint density at radius 1 is 1.14 bits per heavy atom. The smallest absolute Gasteiger partial charge is 0.338 e. The molecule has 3 rings (SSSR count). The number of halogens is 1. The highest BCUT2D eigenvalue weighted by Crippen LogP contribution is 2.20. The molecule has 3 aromatic rings. The highest BCUT2D eigenvalue weighted by atomic mass is 19.1. The summed E-state index contributed by atoms with van der Waals surface area (Å²) < 4.78 is 15.1. The molecular formula is C14H9FN4O2. The van der Waals surface area contributed by atoms with Gasteiger partial charge in [0.25, 0.3) is 0 Å². The van der Waals surface area contributed by atoms with Gasteiger partial charge in [0.2, 0.25) is 0 Å². The van der Waals surface area contributed by atoms with E-state index in [1.165, 1.54) is 16.8 Å². The summed E-state index contributed by atoms with van der Waals surface area (Å²) >= 11 is 0. The number of benzene rings is 2. The summed E-state index contributed by atoms with van der Waals surface area (Å²) in [4.78, 5) is 10.8. The van der Waals surface area contributed by atoms with E-state index in [4.69, 9.17) is 5.11 Å². The first kappa shape index (κ1) is 12.9. The molecule has 0 bridgehead atoms. The maximum absolute atomic E-state index is 13.8. The zero-order chi connectivity index (χ0) is 14.8. The number of hydrogen-bond acceptors (Lipinski definition) is 4. The molecule has 0 spiro atoms. The van der Waals surface area contributed by atoms with Crippen molar-refractivity contribution >= 4 is 5.97 Å². The zero-order valence-corrected chi connectivity index (χ0v) is 10.6. The summed E-state index contributed by atoms with van der Waals surface area (Å²) in [5.74, 6) is -1.72. The molecule has 1 N–H and O–H groups in total. The van der Waals surface area contributed by atoms with Gasteiger partial charge in [-0.15, -0.1) is 5.10 Å². The van der Waals surface area contributed by atoms with Crippen LogP contribution in [-0.2, 0) is 0 Å². The average Bonchev–Trinajstić information content (AvgIpc) is 2.97. The van der Waals surface area contributed by atoms with Crippen molar-refractivity contribution in [2.75, 3.05) is 0 Å². The number of aromatic carboxylic acids is 1. The lowest BCUT2D eigenvalue weighted by Crippen LogP contribution is -2.04. The van der Waals surface area contributed by atoms with Gasteiger partial charge in [0, 0.05) is 11.6 Å². The molecule has 0 saturated carbocycles. The lowest BCUT2D eigenvalue weighted by atomic mass is 10.2. The van der Waals surface area contributed by atoms with Gasteiger partial charge in [0.1, 0.15) is 5.82 Å². The van der Waals surface area contributed by atoms with Gasteiger partial charge in [-0.05, 0) is 22.6 Å². The van der Waals surface area contributed by atoms with Crippen LogP contribution < -0.4 is 0 Å². The minimum atomic E-state index is -1.32. The normalized spacial score (nSPS) is 10.5. The molecule has 0 aliphatic carbocycles. The quantitative estimate of drug-likeness (QED) is 0.797. The van der Waals surface area contributed by atoms with Crippen molar-refractivity contribution in [2.45, 2.75) is 0 Å². The molecule has 0 atom stereocenters. The van der Waals surface area contributed by atoms with E-state index in [1.807, 2.05) is 30.3 Å². The summed E-state index contributed by atoms with van der Waals surface area (Å²) in [6.45, 7) is 0. The lowest BCUT2D eigenvalue weighted by Gasteiger charge is -2.06. The van der Waals surface area contributed by atoms with Crippen molar-refractivity contribution in [1.82, 2.24) is 20.2 Å². The average molecular weight is 284 g/mol. The molecule has 1 aromatic heterocycles. The van der Waals surface area contributed by atoms with Crippen LogP contribution in [0.25, 0.3) is 17.1 Å². The van der Waals surface area contributed by atoms with E-state index in [0.29, 0.717) is 11.5 Å². The number of aromatic nitrogens is 4. The van der Waals surface area contributed by atoms with E-state index >= 15 is 0 Å². The van der Waals surface area contributed by atoms with Crippen molar-refractivity contribution in [1.29, 1.82) is 0 Å². The van der Waals surface area contributed by atoms with Crippen molar-refractivity contribution < 1.29 is 14.3 Å². The zero-order valence-electron chi connectivity index (χ0n) is 10.6. The van der Waals surface area contributed by atoms with Crippen LogP contribution in [-0.4, -0.2) is 31.3 Å². The molecular weight excluding hydrogens is 275 g/mol. The van der Waals surface area contributed by atoms with Crippen molar-refractivity contribution in [2.24, 2.45) is 0 Å². The molecule has 0 amide bonds. The highest BCUT2D eigenvalue weighted by Gasteiger charge is 2.15. The number of tetrazole rings is 1. The number of nitrogens with zero attached hydrogens (tertiary/aromatic N) is 4. The molecule has 6 nitrogen and oxygen atoms in total. The molecule has 0 saturated heterocycles. The topological polar surface area (TPSA) is 80.9 Å². The first-order valence-corrected chi connectivity index (χ1v) is 6.04. The Morgan fingerprint density at radius 2 is 1.90 bits per heavy atom. The van der Waals surface area contributed by atoms with E-state index in [1.54, 1.807) is 0 Å². The predicted molar refractivity (Wildman–Crippen MR) is 71.5 cm³/mol. The fourth-order valence-electron chi connectivity index (χ4n) is 1.94. The van der Waals surface area contributed by atoms with Crippen molar-refractivity contribution in [3.63, 3.8) is 0 Å². The monoisotopic (exact) mass is 284 g/mol. The van der Waals surface area contributed by atoms with Crippen LogP contribution in [0.2, 0.25) is 0 Å². The minimum Gasteiger partial charge on any atom is -0.478 e. The second-order valence-electron chi connectivity index (χ2n) is 4.25. The van der Waals surface area contributed by atoms with E-state index < -0.39 is 17.3 Å². The third-order valence-electron chi connectivity index (χ3n) is 2.93. The van der Waals surface area contributed by atoms with Crippen molar-refractivity contribution in [3.05, 3.63) is 59.9 Å². The van der Waals surface area contributed by atoms with Gasteiger partial charge in [-0.1, -0.05) is 30.3 Å². The van der Waals surface area contributed by atoms with Gasteiger partial charge in [0.15, 0.2) is 5.82 Å². The lowest BCUT2D eigenvalue weighted by molar-refractivity contribution is 0.0692. The van der Waals surface area contributed by atoms with Gasteiger partial charge in [0.05, 0.1) is 11.3 Å². The van der Waals surface area contributed by atoms with Crippen LogP contribution in [0.4, 0.5) is 4.39 Å². The fraction of sp³-hybridized carbons (Fsp3) is 0. The van der Waals surface area contributed by atoms with Crippen LogP contribution in [0, 0.1) is 5.82 Å². The largest absolute Gasteiger partial charge is 0.478 e.